The fourth-order valence-corrected chi connectivity index (χ4v) is 2.18. The van der Waals surface area contributed by atoms with Crippen LogP contribution in [0.3, 0.4) is 0 Å². The summed E-state index contributed by atoms with van der Waals surface area (Å²) < 4.78 is 4.81. The third-order valence-corrected chi connectivity index (χ3v) is 3.48. The van der Waals surface area contributed by atoms with Gasteiger partial charge >= 0.3 is 12.0 Å². The number of ether oxygens (including phenoxy) is 1. The Morgan fingerprint density at radius 3 is 2.50 bits per heavy atom. The molecular weight excluding hydrogens is 236 g/mol. The smallest absolute Gasteiger partial charge is 0.329 e. The molecular formula is C12H22N2O4. The van der Waals surface area contributed by atoms with E-state index in [4.69, 9.17) is 4.74 Å². The van der Waals surface area contributed by atoms with Crippen LogP contribution in [0.2, 0.25) is 0 Å². The normalized spacial score (nSPS) is 27.6. The van der Waals surface area contributed by atoms with Crippen LogP contribution in [0.15, 0.2) is 0 Å². The lowest BCUT2D eigenvalue weighted by atomic mass is 9.77. The second-order valence-corrected chi connectivity index (χ2v) is 4.94. The summed E-state index contributed by atoms with van der Waals surface area (Å²) in [5, 5.41) is 14.5. The SMILES string of the molecule is COCCNC(=O)NC1(C(=O)O)CCC(C)CC1. The molecule has 2 amide bonds. The fourth-order valence-electron chi connectivity index (χ4n) is 2.18. The summed E-state index contributed by atoms with van der Waals surface area (Å²) >= 11 is 0. The van der Waals surface area contributed by atoms with Crippen LogP contribution in [0.5, 0.6) is 0 Å². The number of methoxy groups -OCH3 is 1. The number of hydrogen-bond donors (Lipinski definition) is 3. The van der Waals surface area contributed by atoms with Crippen molar-refractivity contribution in [3.63, 3.8) is 0 Å². The molecule has 1 aliphatic rings. The molecule has 0 aromatic carbocycles. The van der Waals surface area contributed by atoms with Crippen LogP contribution in [0.1, 0.15) is 32.6 Å². The third-order valence-electron chi connectivity index (χ3n) is 3.48. The third kappa shape index (κ3) is 3.87. The van der Waals surface area contributed by atoms with Crippen molar-refractivity contribution in [3.05, 3.63) is 0 Å². The van der Waals surface area contributed by atoms with Crippen LogP contribution in [0.25, 0.3) is 0 Å². The molecule has 0 spiro atoms. The highest BCUT2D eigenvalue weighted by Gasteiger charge is 2.42. The highest BCUT2D eigenvalue weighted by Crippen LogP contribution is 2.32. The minimum absolute atomic E-state index is 0.369. The first-order valence-electron chi connectivity index (χ1n) is 6.28. The summed E-state index contributed by atoms with van der Waals surface area (Å²) in [5.74, 6) is -0.424. The van der Waals surface area contributed by atoms with E-state index in [2.05, 4.69) is 17.6 Å². The number of carboxylic acid groups (broad SMARTS) is 1. The molecule has 104 valence electrons. The highest BCUT2D eigenvalue weighted by atomic mass is 16.5. The predicted octanol–water partition coefficient (Wildman–Crippen LogP) is 0.965. The quantitative estimate of drug-likeness (QED) is 0.641. The van der Waals surface area contributed by atoms with Gasteiger partial charge in [-0.05, 0) is 31.6 Å². The summed E-state index contributed by atoms with van der Waals surface area (Å²) in [4.78, 5) is 23.0. The van der Waals surface area contributed by atoms with Gasteiger partial charge in [-0.25, -0.2) is 9.59 Å². The van der Waals surface area contributed by atoms with E-state index in [-0.39, 0.29) is 0 Å². The maximum atomic E-state index is 11.6. The molecule has 0 bridgehead atoms. The molecule has 6 heteroatoms. The highest BCUT2D eigenvalue weighted by molar-refractivity contribution is 5.86. The predicted molar refractivity (Wildman–Crippen MR) is 66.4 cm³/mol. The minimum Gasteiger partial charge on any atom is -0.480 e. The van der Waals surface area contributed by atoms with Crippen molar-refractivity contribution < 1.29 is 19.4 Å². The Kier molecular flexibility index (Phi) is 5.40. The summed E-state index contributed by atoms with van der Waals surface area (Å²) in [7, 11) is 1.54. The summed E-state index contributed by atoms with van der Waals surface area (Å²) in [5.41, 5.74) is -1.11. The maximum absolute atomic E-state index is 11.6. The molecule has 0 aromatic rings. The Labute approximate surface area is 107 Å². The van der Waals surface area contributed by atoms with Crippen molar-refractivity contribution in [1.82, 2.24) is 10.6 Å². The van der Waals surface area contributed by atoms with Crippen LogP contribution < -0.4 is 10.6 Å². The van der Waals surface area contributed by atoms with E-state index in [0.29, 0.717) is 31.9 Å². The average molecular weight is 258 g/mol. The van der Waals surface area contributed by atoms with E-state index in [1.54, 1.807) is 7.11 Å². The molecule has 1 aliphatic carbocycles. The maximum Gasteiger partial charge on any atom is 0.329 e. The van der Waals surface area contributed by atoms with Crippen LogP contribution >= 0.6 is 0 Å². The summed E-state index contributed by atoms with van der Waals surface area (Å²) in [6.45, 7) is 2.88. The zero-order valence-electron chi connectivity index (χ0n) is 11.0. The van der Waals surface area contributed by atoms with Gasteiger partial charge in [-0.3, -0.25) is 0 Å². The molecule has 0 heterocycles. The standard InChI is InChI=1S/C12H22N2O4/c1-9-3-5-12(6-4-9,10(15)16)14-11(17)13-7-8-18-2/h9H,3-8H2,1-2H3,(H,15,16)(H2,13,14,17). The van der Waals surface area contributed by atoms with Gasteiger partial charge in [0.05, 0.1) is 6.61 Å². The average Bonchev–Trinajstić information content (AvgIpc) is 2.32. The van der Waals surface area contributed by atoms with Crippen molar-refractivity contribution in [2.75, 3.05) is 20.3 Å². The molecule has 0 saturated heterocycles. The fraction of sp³-hybridized carbons (Fsp3) is 0.833. The van der Waals surface area contributed by atoms with Gasteiger partial charge in [-0.1, -0.05) is 6.92 Å². The van der Waals surface area contributed by atoms with E-state index >= 15 is 0 Å². The number of rotatable bonds is 5. The minimum atomic E-state index is -1.11. The largest absolute Gasteiger partial charge is 0.480 e. The molecule has 1 rings (SSSR count). The van der Waals surface area contributed by atoms with E-state index in [9.17, 15) is 14.7 Å². The Morgan fingerprint density at radius 2 is 2.00 bits per heavy atom. The van der Waals surface area contributed by atoms with E-state index in [0.717, 1.165) is 12.8 Å². The van der Waals surface area contributed by atoms with E-state index in [1.807, 2.05) is 0 Å². The van der Waals surface area contributed by atoms with Gasteiger partial charge < -0.3 is 20.5 Å². The van der Waals surface area contributed by atoms with Gasteiger partial charge in [0.25, 0.3) is 0 Å². The lowest BCUT2D eigenvalue weighted by molar-refractivity contribution is -0.146. The number of nitrogens with one attached hydrogen (secondary N) is 2. The monoisotopic (exact) mass is 258 g/mol. The lowest BCUT2D eigenvalue weighted by Gasteiger charge is -2.36. The van der Waals surface area contributed by atoms with Gasteiger partial charge in [-0.2, -0.15) is 0 Å². The van der Waals surface area contributed by atoms with Crippen molar-refractivity contribution >= 4 is 12.0 Å². The number of amides is 2. The number of hydrogen-bond acceptors (Lipinski definition) is 3. The molecule has 3 N–H and O–H groups in total. The number of carbonyl (C=O) groups is 2. The molecule has 1 fully saturated rings. The Balaban J connectivity index is 2.52. The molecule has 6 nitrogen and oxygen atoms in total. The molecule has 0 unspecified atom stereocenters. The Hall–Kier alpha value is -1.30. The zero-order valence-corrected chi connectivity index (χ0v) is 11.0. The van der Waals surface area contributed by atoms with Gasteiger partial charge in [0.15, 0.2) is 0 Å². The summed E-state index contributed by atoms with van der Waals surface area (Å²) in [6.07, 6.45) is 2.62. The zero-order chi connectivity index (χ0) is 13.6. The second kappa shape index (κ2) is 6.58. The molecule has 18 heavy (non-hydrogen) atoms. The summed E-state index contributed by atoms with van der Waals surface area (Å²) in [6, 6.07) is -0.441. The first-order chi connectivity index (χ1) is 8.50. The first kappa shape index (κ1) is 14.8. The number of carbonyl (C=O) groups excluding carboxylic acids is 1. The van der Waals surface area contributed by atoms with Crippen LogP contribution in [0.4, 0.5) is 4.79 Å². The van der Waals surface area contributed by atoms with Gasteiger partial charge in [-0.15, -0.1) is 0 Å². The van der Waals surface area contributed by atoms with Gasteiger partial charge in [0.2, 0.25) is 0 Å². The van der Waals surface area contributed by atoms with E-state index in [1.165, 1.54) is 0 Å². The van der Waals surface area contributed by atoms with Crippen molar-refractivity contribution in [2.45, 2.75) is 38.1 Å². The van der Waals surface area contributed by atoms with Crippen molar-refractivity contribution in [2.24, 2.45) is 5.92 Å². The Morgan fingerprint density at radius 1 is 1.39 bits per heavy atom. The van der Waals surface area contributed by atoms with E-state index < -0.39 is 17.5 Å². The molecule has 0 aliphatic heterocycles. The number of carboxylic acids is 1. The second-order valence-electron chi connectivity index (χ2n) is 4.94. The number of urea groups is 1. The molecule has 0 radical (unpaired) electrons. The lowest BCUT2D eigenvalue weighted by Crippen LogP contribution is -2.58. The van der Waals surface area contributed by atoms with Gasteiger partial charge in [0, 0.05) is 13.7 Å². The van der Waals surface area contributed by atoms with Crippen LogP contribution in [-0.4, -0.2) is 42.9 Å². The Bertz CT molecular complexity index is 298. The van der Waals surface area contributed by atoms with Crippen molar-refractivity contribution in [1.29, 1.82) is 0 Å². The molecule has 0 atom stereocenters. The number of aliphatic carboxylic acids is 1. The first-order valence-corrected chi connectivity index (χ1v) is 6.28. The molecule has 1 saturated carbocycles. The van der Waals surface area contributed by atoms with Gasteiger partial charge in [0.1, 0.15) is 5.54 Å². The van der Waals surface area contributed by atoms with Crippen LogP contribution in [0, 0.1) is 5.92 Å². The topological polar surface area (TPSA) is 87.7 Å². The van der Waals surface area contributed by atoms with Crippen molar-refractivity contribution in [3.8, 4) is 0 Å². The van der Waals surface area contributed by atoms with Crippen LogP contribution in [-0.2, 0) is 9.53 Å². The molecule has 0 aromatic heterocycles.